The summed E-state index contributed by atoms with van der Waals surface area (Å²) in [5.41, 5.74) is 4.23. The second-order valence-corrected chi connectivity index (χ2v) is 7.75. The van der Waals surface area contributed by atoms with Gasteiger partial charge in [-0.3, -0.25) is 9.69 Å². The molecule has 146 valence electrons. The zero-order valence-corrected chi connectivity index (χ0v) is 16.5. The molecule has 6 heteroatoms. The largest absolute Gasteiger partial charge is 0.303 e. The Morgan fingerprint density at radius 1 is 1.21 bits per heavy atom. The quantitative estimate of drug-likeness (QED) is 0.696. The summed E-state index contributed by atoms with van der Waals surface area (Å²) in [7, 11) is 2.12. The molecule has 0 spiro atoms. The van der Waals surface area contributed by atoms with Crippen LogP contribution in [0.1, 0.15) is 24.1 Å². The van der Waals surface area contributed by atoms with Crippen molar-refractivity contribution in [2.75, 3.05) is 33.2 Å². The Balaban J connectivity index is 1.75. The number of fused-ring (bicyclic) bond motifs is 1. The Morgan fingerprint density at radius 2 is 1.96 bits per heavy atom. The molecule has 0 amide bonds. The van der Waals surface area contributed by atoms with Gasteiger partial charge in [0.15, 0.2) is 0 Å². The van der Waals surface area contributed by atoms with Crippen LogP contribution in [-0.4, -0.2) is 58.6 Å². The van der Waals surface area contributed by atoms with Gasteiger partial charge < -0.3 is 4.90 Å². The molecular weight excluding hydrogens is 355 g/mol. The van der Waals surface area contributed by atoms with Crippen molar-refractivity contribution >= 4 is 16.7 Å². The summed E-state index contributed by atoms with van der Waals surface area (Å²) >= 11 is 0. The first-order valence-electron chi connectivity index (χ1n) is 9.58. The highest BCUT2D eigenvalue weighted by molar-refractivity contribution is 5.82. The third-order valence-corrected chi connectivity index (χ3v) is 5.51. The topological polar surface area (TPSA) is 41.4 Å². The minimum absolute atomic E-state index is 0.182. The lowest BCUT2D eigenvalue weighted by Crippen LogP contribution is -2.48. The second-order valence-electron chi connectivity index (χ2n) is 7.75. The minimum atomic E-state index is -0.259. The fourth-order valence-electron chi connectivity index (χ4n) is 4.07. The maximum Gasteiger partial charge on any atom is 0.143 e. The number of nitrogens with zero attached hydrogens (tertiary/aromatic N) is 4. The highest BCUT2D eigenvalue weighted by Crippen LogP contribution is 2.31. The van der Waals surface area contributed by atoms with E-state index in [4.69, 9.17) is 0 Å². The molecule has 1 aliphatic heterocycles. The fourth-order valence-corrected chi connectivity index (χ4v) is 4.07. The normalized spacial score (nSPS) is 18.6. The molecule has 0 saturated carbocycles. The van der Waals surface area contributed by atoms with Gasteiger partial charge in [-0.05, 0) is 68.4 Å². The maximum atomic E-state index is 13.3. The number of carbonyl (C=O) groups excluding carboxylic acids is 1. The number of Topliss-reactive ketones (excluding diaryl/α,β-unsaturated/α-hetero) is 1. The maximum absolute atomic E-state index is 13.3. The number of piperazine rings is 1. The number of aryl methyl sites for hydroxylation is 1. The van der Waals surface area contributed by atoms with Crippen LogP contribution < -0.4 is 0 Å². The molecule has 1 aromatic heterocycles. The molecule has 4 rings (SSSR count). The van der Waals surface area contributed by atoms with Crippen LogP contribution in [-0.2, 0) is 4.79 Å². The molecule has 0 aliphatic carbocycles. The van der Waals surface area contributed by atoms with Gasteiger partial charge in [0.2, 0.25) is 0 Å². The van der Waals surface area contributed by atoms with Crippen molar-refractivity contribution in [2.45, 2.75) is 19.9 Å². The van der Waals surface area contributed by atoms with Gasteiger partial charge in [0, 0.05) is 31.1 Å². The third-order valence-electron chi connectivity index (χ3n) is 5.51. The van der Waals surface area contributed by atoms with Crippen molar-refractivity contribution in [3.63, 3.8) is 0 Å². The van der Waals surface area contributed by atoms with Crippen LogP contribution in [0.15, 0.2) is 42.6 Å². The standard InChI is InChI=1S/C22H25FN4O/c1-15-10-21-17(12-24-27(21)19-6-4-18(23)5-7-19)11-20(15)22-14-25(3)8-9-26(22)13-16(2)28/h4-7,10-12,22H,8-9,13-14H2,1-3H3/t22-/m1/s1. The van der Waals surface area contributed by atoms with E-state index in [-0.39, 0.29) is 17.6 Å². The molecular formula is C22H25FN4O. The summed E-state index contributed by atoms with van der Waals surface area (Å²) in [6, 6.07) is 10.9. The van der Waals surface area contributed by atoms with E-state index in [1.165, 1.54) is 23.3 Å². The van der Waals surface area contributed by atoms with Gasteiger partial charge in [-0.15, -0.1) is 0 Å². The Hall–Kier alpha value is -2.57. The number of aromatic nitrogens is 2. The van der Waals surface area contributed by atoms with Crippen LogP contribution in [0.3, 0.4) is 0 Å². The molecule has 5 nitrogen and oxygen atoms in total. The average Bonchev–Trinajstić information content (AvgIpc) is 3.05. The molecule has 2 aromatic carbocycles. The molecule has 1 saturated heterocycles. The van der Waals surface area contributed by atoms with Gasteiger partial charge in [0.05, 0.1) is 23.9 Å². The number of hydrogen-bond donors (Lipinski definition) is 0. The van der Waals surface area contributed by atoms with Crippen molar-refractivity contribution in [3.8, 4) is 5.69 Å². The van der Waals surface area contributed by atoms with Crippen molar-refractivity contribution < 1.29 is 9.18 Å². The first-order valence-corrected chi connectivity index (χ1v) is 9.58. The zero-order valence-electron chi connectivity index (χ0n) is 16.5. The monoisotopic (exact) mass is 380 g/mol. The van der Waals surface area contributed by atoms with Gasteiger partial charge in [-0.1, -0.05) is 0 Å². The van der Waals surface area contributed by atoms with E-state index in [1.807, 2.05) is 10.9 Å². The number of ketones is 1. The highest BCUT2D eigenvalue weighted by atomic mass is 19.1. The Morgan fingerprint density at radius 3 is 2.68 bits per heavy atom. The fraction of sp³-hybridized carbons (Fsp3) is 0.364. The first kappa shape index (κ1) is 18.8. The molecule has 1 fully saturated rings. The van der Waals surface area contributed by atoms with Crippen LogP contribution in [0.25, 0.3) is 16.6 Å². The van der Waals surface area contributed by atoms with E-state index in [0.29, 0.717) is 6.54 Å². The molecule has 3 aromatic rings. The van der Waals surface area contributed by atoms with E-state index in [1.54, 1.807) is 19.1 Å². The lowest BCUT2D eigenvalue weighted by molar-refractivity contribution is -0.119. The van der Waals surface area contributed by atoms with E-state index in [2.05, 4.69) is 41.0 Å². The van der Waals surface area contributed by atoms with Crippen molar-refractivity contribution in [3.05, 3.63) is 59.5 Å². The van der Waals surface area contributed by atoms with Crippen molar-refractivity contribution in [2.24, 2.45) is 0 Å². The molecule has 28 heavy (non-hydrogen) atoms. The minimum Gasteiger partial charge on any atom is -0.303 e. The van der Waals surface area contributed by atoms with Crippen LogP contribution in [0.4, 0.5) is 4.39 Å². The van der Waals surface area contributed by atoms with E-state index < -0.39 is 0 Å². The Labute approximate surface area is 164 Å². The van der Waals surface area contributed by atoms with Gasteiger partial charge in [-0.25, -0.2) is 9.07 Å². The smallest absolute Gasteiger partial charge is 0.143 e. The predicted molar refractivity (Wildman–Crippen MR) is 108 cm³/mol. The molecule has 0 N–H and O–H groups in total. The number of halogens is 1. The van der Waals surface area contributed by atoms with Crippen LogP contribution in [0.5, 0.6) is 0 Å². The Bertz CT molecular complexity index is 1010. The number of likely N-dealkylation sites (N-methyl/N-ethyl adjacent to an activating group) is 1. The average molecular weight is 380 g/mol. The number of hydrogen-bond acceptors (Lipinski definition) is 4. The van der Waals surface area contributed by atoms with Gasteiger partial charge in [0.25, 0.3) is 0 Å². The SMILES string of the molecule is CC(=O)CN1CCN(C)C[C@@H]1c1cc2cnn(-c3ccc(F)cc3)c2cc1C. The summed E-state index contributed by atoms with van der Waals surface area (Å²) in [5.74, 6) is -0.0666. The van der Waals surface area contributed by atoms with Gasteiger partial charge in [0.1, 0.15) is 11.6 Å². The second kappa shape index (κ2) is 7.45. The summed E-state index contributed by atoms with van der Waals surface area (Å²) in [6.07, 6.45) is 1.85. The summed E-state index contributed by atoms with van der Waals surface area (Å²) < 4.78 is 15.1. The summed E-state index contributed by atoms with van der Waals surface area (Å²) in [4.78, 5) is 16.3. The van der Waals surface area contributed by atoms with Gasteiger partial charge >= 0.3 is 0 Å². The summed E-state index contributed by atoms with van der Waals surface area (Å²) in [6.45, 7) is 6.98. The highest BCUT2D eigenvalue weighted by Gasteiger charge is 2.28. The molecule has 0 bridgehead atoms. The van der Waals surface area contributed by atoms with Crippen molar-refractivity contribution in [1.29, 1.82) is 0 Å². The van der Waals surface area contributed by atoms with Crippen LogP contribution in [0.2, 0.25) is 0 Å². The number of benzene rings is 2. The molecule has 1 atom stereocenters. The lowest BCUT2D eigenvalue weighted by atomic mass is 9.96. The van der Waals surface area contributed by atoms with Gasteiger partial charge in [-0.2, -0.15) is 5.10 Å². The summed E-state index contributed by atoms with van der Waals surface area (Å²) in [5, 5.41) is 5.56. The molecule has 2 heterocycles. The number of carbonyl (C=O) groups is 1. The number of rotatable bonds is 4. The predicted octanol–water partition coefficient (Wildman–Crippen LogP) is 3.35. The van der Waals surface area contributed by atoms with Crippen LogP contribution in [0, 0.1) is 12.7 Å². The van der Waals surface area contributed by atoms with Crippen molar-refractivity contribution in [1.82, 2.24) is 19.6 Å². The van der Waals surface area contributed by atoms with Crippen LogP contribution >= 0.6 is 0 Å². The molecule has 1 aliphatic rings. The lowest BCUT2D eigenvalue weighted by Gasteiger charge is -2.40. The van der Waals surface area contributed by atoms with E-state index in [9.17, 15) is 9.18 Å². The molecule has 0 unspecified atom stereocenters. The third kappa shape index (κ3) is 3.57. The van der Waals surface area contributed by atoms with E-state index in [0.717, 1.165) is 36.2 Å². The molecule has 0 radical (unpaired) electrons. The van der Waals surface area contributed by atoms with E-state index >= 15 is 0 Å². The Kier molecular flexibility index (Phi) is 5.00. The first-order chi connectivity index (χ1) is 13.4. The zero-order chi connectivity index (χ0) is 19.8.